The van der Waals surface area contributed by atoms with Crippen LogP contribution >= 0.6 is 0 Å². The number of hydrogen-bond acceptors (Lipinski definition) is 5. The molecule has 5 nitrogen and oxygen atoms in total. The minimum Gasteiger partial charge on any atom is -0.381 e. The fourth-order valence-electron chi connectivity index (χ4n) is 3.05. The van der Waals surface area contributed by atoms with Crippen LogP contribution in [0.15, 0.2) is 18.5 Å². The number of likely N-dealkylation sites (tertiary alicyclic amines) is 1. The van der Waals surface area contributed by atoms with Gasteiger partial charge in [-0.1, -0.05) is 0 Å². The van der Waals surface area contributed by atoms with Crippen LogP contribution in [0.2, 0.25) is 0 Å². The highest BCUT2D eigenvalue weighted by molar-refractivity contribution is 5.56. The van der Waals surface area contributed by atoms with Gasteiger partial charge in [0, 0.05) is 44.2 Å². The summed E-state index contributed by atoms with van der Waals surface area (Å²) in [6, 6.07) is 5.14. The first kappa shape index (κ1) is 13.3. The molecule has 3 heterocycles. The van der Waals surface area contributed by atoms with Gasteiger partial charge in [0.05, 0.1) is 17.9 Å². The van der Waals surface area contributed by atoms with Gasteiger partial charge in [0.2, 0.25) is 0 Å². The molecule has 0 amide bonds. The monoisotopic (exact) mass is 272 g/mol. The number of hydrogen-bond donors (Lipinski definition) is 1. The molecule has 2 aliphatic heterocycles. The van der Waals surface area contributed by atoms with Crippen molar-refractivity contribution in [3.63, 3.8) is 0 Å². The van der Waals surface area contributed by atoms with Gasteiger partial charge in [-0.25, -0.2) is 0 Å². The number of aromatic nitrogens is 1. The fourth-order valence-corrected chi connectivity index (χ4v) is 3.05. The van der Waals surface area contributed by atoms with Gasteiger partial charge in [-0.05, 0) is 25.3 Å². The molecule has 2 fully saturated rings. The Morgan fingerprint density at radius 2 is 2.20 bits per heavy atom. The maximum absolute atomic E-state index is 9.08. The third kappa shape index (κ3) is 2.92. The highest BCUT2D eigenvalue weighted by Crippen LogP contribution is 2.22. The van der Waals surface area contributed by atoms with E-state index >= 15 is 0 Å². The molecule has 106 valence electrons. The summed E-state index contributed by atoms with van der Waals surface area (Å²) in [5, 5.41) is 12.6. The molecule has 0 aliphatic carbocycles. The molecule has 0 aromatic carbocycles. The molecule has 0 radical (unpaired) electrons. The van der Waals surface area contributed by atoms with E-state index in [9.17, 15) is 0 Å². The summed E-state index contributed by atoms with van der Waals surface area (Å²) < 4.78 is 5.46. The summed E-state index contributed by atoms with van der Waals surface area (Å²) in [6.07, 6.45) is 6.75. The molecule has 1 N–H and O–H groups in total. The largest absolute Gasteiger partial charge is 0.381 e. The van der Waals surface area contributed by atoms with Crippen molar-refractivity contribution in [2.75, 3.05) is 31.6 Å². The summed E-state index contributed by atoms with van der Waals surface area (Å²) in [5.74, 6) is 0. The van der Waals surface area contributed by atoms with Crippen molar-refractivity contribution in [1.29, 1.82) is 5.26 Å². The highest BCUT2D eigenvalue weighted by atomic mass is 16.5. The average molecular weight is 272 g/mol. The third-order valence-electron chi connectivity index (χ3n) is 4.25. The van der Waals surface area contributed by atoms with Gasteiger partial charge in [0.1, 0.15) is 6.07 Å². The van der Waals surface area contributed by atoms with Gasteiger partial charge in [0.15, 0.2) is 0 Å². The van der Waals surface area contributed by atoms with Crippen LogP contribution in [-0.4, -0.2) is 48.3 Å². The zero-order valence-corrected chi connectivity index (χ0v) is 11.6. The van der Waals surface area contributed by atoms with Crippen LogP contribution in [0.4, 0.5) is 5.69 Å². The SMILES string of the molecule is N#Cc1cnccc1NC1CCN(C2CCOC2)CC1. The number of pyridine rings is 1. The lowest BCUT2D eigenvalue weighted by atomic mass is 10.0. The molecular formula is C15H20N4O. The summed E-state index contributed by atoms with van der Waals surface area (Å²) in [5.41, 5.74) is 1.53. The van der Waals surface area contributed by atoms with E-state index in [0.717, 1.165) is 44.8 Å². The summed E-state index contributed by atoms with van der Waals surface area (Å²) in [7, 11) is 0. The molecule has 0 spiro atoms. The van der Waals surface area contributed by atoms with Crippen molar-refractivity contribution in [2.45, 2.75) is 31.3 Å². The van der Waals surface area contributed by atoms with Crippen LogP contribution < -0.4 is 5.32 Å². The second-order valence-corrected chi connectivity index (χ2v) is 5.51. The summed E-state index contributed by atoms with van der Waals surface area (Å²) in [6.45, 7) is 4.02. The molecule has 1 atom stereocenters. The predicted octanol–water partition coefficient (Wildman–Crippen LogP) is 1.62. The lowest BCUT2D eigenvalue weighted by Gasteiger charge is -2.36. The Balaban J connectivity index is 1.54. The maximum Gasteiger partial charge on any atom is 0.103 e. The number of nitrogens with one attached hydrogen (secondary N) is 1. The first-order chi connectivity index (χ1) is 9.86. The molecule has 1 aromatic heterocycles. The van der Waals surface area contributed by atoms with Gasteiger partial charge in [0.25, 0.3) is 0 Å². The lowest BCUT2D eigenvalue weighted by molar-refractivity contribution is 0.124. The van der Waals surface area contributed by atoms with Crippen LogP contribution in [0, 0.1) is 11.3 Å². The van der Waals surface area contributed by atoms with E-state index in [1.54, 1.807) is 12.4 Å². The quantitative estimate of drug-likeness (QED) is 0.906. The number of nitriles is 1. The summed E-state index contributed by atoms with van der Waals surface area (Å²) in [4.78, 5) is 6.53. The number of nitrogens with zero attached hydrogens (tertiary/aromatic N) is 3. The van der Waals surface area contributed by atoms with Crippen LogP contribution in [0.25, 0.3) is 0 Å². The van der Waals surface area contributed by atoms with Gasteiger partial charge in [-0.3, -0.25) is 9.88 Å². The van der Waals surface area contributed by atoms with Gasteiger partial charge >= 0.3 is 0 Å². The Morgan fingerprint density at radius 1 is 1.35 bits per heavy atom. The maximum atomic E-state index is 9.08. The third-order valence-corrected chi connectivity index (χ3v) is 4.25. The molecule has 2 saturated heterocycles. The number of anilines is 1. The highest BCUT2D eigenvalue weighted by Gasteiger charge is 2.27. The Labute approximate surface area is 119 Å². The molecule has 0 saturated carbocycles. The Bertz CT molecular complexity index is 485. The van der Waals surface area contributed by atoms with E-state index in [-0.39, 0.29) is 0 Å². The van der Waals surface area contributed by atoms with Crippen LogP contribution in [0.3, 0.4) is 0 Å². The molecule has 2 aliphatic rings. The van der Waals surface area contributed by atoms with E-state index < -0.39 is 0 Å². The molecule has 5 heteroatoms. The Hall–Kier alpha value is -1.64. The average Bonchev–Trinajstić information content (AvgIpc) is 3.03. The number of rotatable bonds is 3. The van der Waals surface area contributed by atoms with E-state index in [2.05, 4.69) is 21.3 Å². The van der Waals surface area contributed by atoms with Crippen molar-refractivity contribution >= 4 is 5.69 Å². The molecule has 3 rings (SSSR count). The van der Waals surface area contributed by atoms with Crippen LogP contribution in [0.5, 0.6) is 0 Å². The summed E-state index contributed by atoms with van der Waals surface area (Å²) >= 11 is 0. The first-order valence-corrected chi connectivity index (χ1v) is 7.29. The van der Waals surface area contributed by atoms with Gasteiger partial charge < -0.3 is 10.1 Å². The zero-order valence-electron chi connectivity index (χ0n) is 11.6. The van der Waals surface area contributed by atoms with Gasteiger partial charge in [-0.15, -0.1) is 0 Å². The smallest absolute Gasteiger partial charge is 0.103 e. The van der Waals surface area contributed by atoms with Crippen LogP contribution in [0.1, 0.15) is 24.8 Å². The first-order valence-electron chi connectivity index (χ1n) is 7.29. The second-order valence-electron chi connectivity index (χ2n) is 5.51. The van der Waals surface area contributed by atoms with E-state index in [1.807, 2.05) is 6.07 Å². The van der Waals surface area contributed by atoms with E-state index in [0.29, 0.717) is 17.6 Å². The number of ether oxygens (including phenoxy) is 1. The fraction of sp³-hybridized carbons (Fsp3) is 0.600. The zero-order chi connectivity index (χ0) is 13.8. The molecule has 1 unspecified atom stereocenters. The van der Waals surface area contributed by atoms with Crippen molar-refractivity contribution in [3.8, 4) is 6.07 Å². The minimum atomic E-state index is 0.447. The standard InChI is InChI=1S/C15H20N4O/c16-9-12-10-17-5-1-15(12)18-13-2-6-19(7-3-13)14-4-8-20-11-14/h1,5,10,13-14H,2-4,6-8,11H2,(H,17,18). The predicted molar refractivity (Wildman–Crippen MR) is 76.4 cm³/mol. The van der Waals surface area contributed by atoms with Crippen molar-refractivity contribution < 1.29 is 4.74 Å². The molecular weight excluding hydrogens is 252 g/mol. The minimum absolute atomic E-state index is 0.447. The normalized spacial score (nSPS) is 24.4. The Morgan fingerprint density at radius 3 is 2.90 bits per heavy atom. The molecule has 1 aromatic rings. The second kappa shape index (κ2) is 6.21. The van der Waals surface area contributed by atoms with Crippen molar-refractivity contribution in [3.05, 3.63) is 24.0 Å². The van der Waals surface area contributed by atoms with Crippen LogP contribution in [-0.2, 0) is 4.74 Å². The van der Waals surface area contributed by atoms with E-state index in [4.69, 9.17) is 10.00 Å². The van der Waals surface area contributed by atoms with Crippen molar-refractivity contribution in [1.82, 2.24) is 9.88 Å². The van der Waals surface area contributed by atoms with E-state index in [1.165, 1.54) is 6.42 Å². The number of piperidine rings is 1. The molecule has 0 bridgehead atoms. The Kier molecular flexibility index (Phi) is 4.14. The topological polar surface area (TPSA) is 61.2 Å². The lowest BCUT2D eigenvalue weighted by Crippen LogP contribution is -2.44. The van der Waals surface area contributed by atoms with Crippen molar-refractivity contribution in [2.24, 2.45) is 0 Å². The molecule has 20 heavy (non-hydrogen) atoms. The van der Waals surface area contributed by atoms with Gasteiger partial charge in [-0.2, -0.15) is 5.26 Å².